The maximum absolute atomic E-state index is 6.11. The smallest absolute Gasteiger partial charge is 0.127 e. The molecule has 0 bridgehead atoms. The Labute approximate surface area is 131 Å². The van der Waals surface area contributed by atoms with Gasteiger partial charge in [-0.05, 0) is 6.92 Å². The van der Waals surface area contributed by atoms with Crippen molar-refractivity contribution < 1.29 is 0 Å². The van der Waals surface area contributed by atoms with Crippen LogP contribution >= 0.6 is 0 Å². The maximum Gasteiger partial charge on any atom is 0.127 e. The molecule has 0 radical (unpaired) electrons. The van der Waals surface area contributed by atoms with Crippen LogP contribution in [0.3, 0.4) is 0 Å². The van der Waals surface area contributed by atoms with Gasteiger partial charge in [-0.2, -0.15) is 0 Å². The third-order valence-electron chi connectivity index (χ3n) is 3.96. The number of H-pyrrole nitrogens is 3. The molecule has 0 amide bonds. The van der Waals surface area contributed by atoms with Crippen molar-refractivity contribution in [3.63, 3.8) is 0 Å². The van der Waals surface area contributed by atoms with E-state index in [4.69, 9.17) is 40.1 Å². The van der Waals surface area contributed by atoms with E-state index < -0.39 is 0 Å². The van der Waals surface area contributed by atoms with Crippen LogP contribution in [0.25, 0.3) is 22.8 Å². The molecule has 122 valence electrons. The number of anilines is 7. The molecule has 10 nitrogen and oxygen atoms in total. The van der Waals surface area contributed by atoms with Crippen LogP contribution < -0.4 is 40.1 Å². The summed E-state index contributed by atoms with van der Waals surface area (Å²) >= 11 is 0. The number of hydrogen-bond acceptors (Lipinski definition) is 7. The Kier molecular flexibility index (Phi) is 2.79. The SMILES string of the molecule is Cc1[nH]c(-c2[nH]c(-c3[nH]c(N)c(N)c3N)c(N)c2N)c(N)c1N. The van der Waals surface area contributed by atoms with E-state index in [9.17, 15) is 0 Å². The summed E-state index contributed by atoms with van der Waals surface area (Å²) < 4.78 is 0. The highest BCUT2D eigenvalue weighted by atomic mass is 15.0. The summed E-state index contributed by atoms with van der Waals surface area (Å²) in [6.45, 7) is 1.81. The highest BCUT2D eigenvalue weighted by Crippen LogP contribution is 2.44. The minimum Gasteiger partial charge on any atom is -0.396 e. The Morgan fingerprint density at radius 1 is 0.478 bits per heavy atom. The van der Waals surface area contributed by atoms with Gasteiger partial charge in [0, 0.05) is 5.69 Å². The van der Waals surface area contributed by atoms with Crippen molar-refractivity contribution in [3.8, 4) is 22.8 Å². The molecule has 3 aromatic heterocycles. The topological polar surface area (TPSA) is 230 Å². The summed E-state index contributed by atoms with van der Waals surface area (Å²) in [4.78, 5) is 9.08. The number of rotatable bonds is 2. The summed E-state index contributed by atoms with van der Waals surface area (Å²) in [5.74, 6) is 0.256. The largest absolute Gasteiger partial charge is 0.396 e. The van der Waals surface area contributed by atoms with Gasteiger partial charge in [0.15, 0.2) is 0 Å². The molecule has 0 aliphatic heterocycles. The molecular formula is C13H20N10. The van der Waals surface area contributed by atoms with E-state index in [0.717, 1.165) is 5.69 Å². The van der Waals surface area contributed by atoms with E-state index in [1.165, 1.54) is 0 Å². The van der Waals surface area contributed by atoms with Gasteiger partial charge in [-0.1, -0.05) is 0 Å². The minimum absolute atomic E-state index is 0.256. The molecular weight excluding hydrogens is 296 g/mol. The van der Waals surface area contributed by atoms with Crippen LogP contribution in [0.4, 0.5) is 39.9 Å². The van der Waals surface area contributed by atoms with Crippen molar-refractivity contribution in [1.82, 2.24) is 15.0 Å². The molecule has 23 heavy (non-hydrogen) atoms. The normalized spacial score (nSPS) is 11.2. The van der Waals surface area contributed by atoms with Crippen molar-refractivity contribution >= 4 is 39.9 Å². The summed E-state index contributed by atoms with van der Waals surface area (Å²) in [6.07, 6.45) is 0. The highest BCUT2D eigenvalue weighted by Gasteiger charge is 2.23. The molecule has 0 spiro atoms. The summed E-state index contributed by atoms with van der Waals surface area (Å²) in [5.41, 5.74) is 46.4. The summed E-state index contributed by atoms with van der Waals surface area (Å²) in [5, 5.41) is 0. The first-order chi connectivity index (χ1) is 10.7. The Hall–Kier alpha value is -3.56. The van der Waals surface area contributed by atoms with Crippen molar-refractivity contribution in [2.45, 2.75) is 6.92 Å². The first-order valence-corrected chi connectivity index (χ1v) is 6.77. The Morgan fingerprint density at radius 3 is 1.26 bits per heavy atom. The van der Waals surface area contributed by atoms with Gasteiger partial charge >= 0.3 is 0 Å². The predicted molar refractivity (Wildman–Crippen MR) is 96.0 cm³/mol. The van der Waals surface area contributed by atoms with Crippen molar-refractivity contribution in [2.24, 2.45) is 0 Å². The molecule has 3 aromatic rings. The summed E-state index contributed by atoms with van der Waals surface area (Å²) in [7, 11) is 0. The monoisotopic (exact) mass is 316 g/mol. The fourth-order valence-electron chi connectivity index (χ4n) is 2.53. The zero-order valence-electron chi connectivity index (χ0n) is 12.5. The van der Waals surface area contributed by atoms with E-state index in [1.807, 2.05) is 6.92 Å². The van der Waals surface area contributed by atoms with Gasteiger partial charge in [0.1, 0.15) is 5.82 Å². The van der Waals surface area contributed by atoms with Gasteiger partial charge in [-0.25, -0.2) is 0 Å². The van der Waals surface area contributed by atoms with Gasteiger partial charge < -0.3 is 55.1 Å². The lowest BCUT2D eigenvalue weighted by atomic mass is 10.2. The molecule has 0 saturated carbocycles. The standard InChI is InChI=1S/C13H20N10/c1-2-3(14)4(15)9(21-2)10-5(16)6(17)11(22-10)12-7(18)8(19)13(20)23-12/h21-23H,14-20H2,1H3. The van der Waals surface area contributed by atoms with Crippen LogP contribution in [0, 0.1) is 6.92 Å². The predicted octanol–water partition coefficient (Wildman–Crippen LogP) is 0.389. The molecule has 0 atom stereocenters. The van der Waals surface area contributed by atoms with Crippen molar-refractivity contribution in [1.29, 1.82) is 0 Å². The zero-order valence-corrected chi connectivity index (χ0v) is 12.5. The highest BCUT2D eigenvalue weighted by molar-refractivity contribution is 6.00. The molecule has 0 aromatic carbocycles. The molecule has 3 rings (SSSR count). The first-order valence-electron chi connectivity index (χ1n) is 6.77. The van der Waals surface area contributed by atoms with E-state index in [2.05, 4.69) is 15.0 Å². The zero-order chi connectivity index (χ0) is 17.0. The van der Waals surface area contributed by atoms with E-state index in [0.29, 0.717) is 45.5 Å². The number of aryl methyl sites for hydroxylation is 1. The van der Waals surface area contributed by atoms with E-state index in [1.54, 1.807) is 0 Å². The van der Waals surface area contributed by atoms with Gasteiger partial charge in [0.25, 0.3) is 0 Å². The Morgan fingerprint density at radius 2 is 0.870 bits per heavy atom. The second-order valence-electron chi connectivity index (χ2n) is 5.40. The van der Waals surface area contributed by atoms with Crippen molar-refractivity contribution in [2.75, 3.05) is 40.1 Å². The fourth-order valence-corrected chi connectivity index (χ4v) is 2.53. The number of nitrogens with two attached hydrogens (primary N) is 7. The number of aromatic nitrogens is 3. The number of aromatic amines is 3. The number of nitrogens with one attached hydrogen (secondary N) is 3. The molecule has 0 aliphatic carbocycles. The van der Waals surface area contributed by atoms with Crippen molar-refractivity contribution in [3.05, 3.63) is 5.69 Å². The van der Waals surface area contributed by atoms with E-state index in [-0.39, 0.29) is 17.2 Å². The lowest BCUT2D eigenvalue weighted by Gasteiger charge is -2.00. The van der Waals surface area contributed by atoms with Crippen LogP contribution in [0.15, 0.2) is 0 Å². The maximum atomic E-state index is 6.11. The Balaban J connectivity index is 2.23. The third kappa shape index (κ3) is 1.81. The summed E-state index contributed by atoms with van der Waals surface area (Å²) in [6, 6.07) is 0. The number of nitrogen functional groups attached to an aromatic ring is 7. The van der Waals surface area contributed by atoms with Crippen LogP contribution in [-0.4, -0.2) is 15.0 Å². The van der Waals surface area contributed by atoms with Crippen LogP contribution in [0.2, 0.25) is 0 Å². The number of hydrogen-bond donors (Lipinski definition) is 10. The first kappa shape index (κ1) is 14.4. The third-order valence-corrected chi connectivity index (χ3v) is 3.96. The quantitative estimate of drug-likeness (QED) is 0.319. The molecule has 0 aliphatic rings. The molecule has 0 saturated heterocycles. The average Bonchev–Trinajstić information content (AvgIpc) is 3.04. The minimum atomic E-state index is 0.256. The van der Waals surface area contributed by atoms with Crippen LogP contribution in [0.5, 0.6) is 0 Å². The average molecular weight is 316 g/mol. The van der Waals surface area contributed by atoms with Gasteiger partial charge in [-0.15, -0.1) is 0 Å². The molecule has 0 unspecified atom stereocenters. The van der Waals surface area contributed by atoms with E-state index >= 15 is 0 Å². The molecule has 3 heterocycles. The van der Waals surface area contributed by atoms with Crippen LogP contribution in [0.1, 0.15) is 5.69 Å². The molecule has 17 N–H and O–H groups in total. The molecule has 10 heteroatoms. The van der Waals surface area contributed by atoms with Crippen LogP contribution in [-0.2, 0) is 0 Å². The van der Waals surface area contributed by atoms with Gasteiger partial charge in [0.05, 0.1) is 56.9 Å². The van der Waals surface area contributed by atoms with Gasteiger partial charge in [-0.3, -0.25) is 0 Å². The lowest BCUT2D eigenvalue weighted by molar-refractivity contribution is 1.25. The van der Waals surface area contributed by atoms with Gasteiger partial charge in [0.2, 0.25) is 0 Å². The fraction of sp³-hybridized carbons (Fsp3) is 0.0769. The lowest BCUT2D eigenvalue weighted by Crippen LogP contribution is -1.96. The second kappa shape index (κ2) is 4.47. The second-order valence-corrected chi connectivity index (χ2v) is 5.40. The Bertz CT molecular complexity index is 837. The molecule has 0 fully saturated rings.